The van der Waals surface area contributed by atoms with Crippen LogP contribution < -0.4 is 5.32 Å². The molecule has 80 valence electrons. The lowest BCUT2D eigenvalue weighted by Crippen LogP contribution is -2.32. The van der Waals surface area contributed by atoms with Crippen LogP contribution in [0.5, 0.6) is 0 Å². The summed E-state index contributed by atoms with van der Waals surface area (Å²) in [7, 11) is 0. The van der Waals surface area contributed by atoms with E-state index in [0.29, 0.717) is 6.04 Å². The minimum Gasteiger partial charge on any atom is -0.380 e. The van der Waals surface area contributed by atoms with Gasteiger partial charge in [0.25, 0.3) is 0 Å². The van der Waals surface area contributed by atoms with Gasteiger partial charge >= 0.3 is 0 Å². The maximum absolute atomic E-state index is 5.32. The quantitative estimate of drug-likeness (QED) is 0.750. The first-order chi connectivity index (χ1) is 6.83. The van der Waals surface area contributed by atoms with Crippen LogP contribution in [0.1, 0.15) is 18.7 Å². The third kappa shape index (κ3) is 4.74. The molecule has 0 saturated heterocycles. The van der Waals surface area contributed by atoms with Crippen molar-refractivity contribution in [3.8, 4) is 0 Å². The van der Waals surface area contributed by atoms with E-state index in [1.54, 1.807) is 0 Å². The van der Waals surface area contributed by atoms with Gasteiger partial charge in [0.1, 0.15) is 0 Å². The molecular weight excluding hydrogens is 194 g/mol. The van der Waals surface area contributed by atoms with Gasteiger partial charge in [0.15, 0.2) is 0 Å². The van der Waals surface area contributed by atoms with Crippen LogP contribution in [0, 0.1) is 0 Å². The molecule has 1 aromatic heterocycles. The number of hydrogen-bond donors (Lipinski definition) is 1. The molecule has 1 rings (SSSR count). The Kier molecular flexibility index (Phi) is 5.83. The minimum atomic E-state index is 0.454. The van der Waals surface area contributed by atoms with Crippen LogP contribution in [0.25, 0.3) is 0 Å². The summed E-state index contributed by atoms with van der Waals surface area (Å²) in [6.07, 6.45) is 1.12. The van der Waals surface area contributed by atoms with Crippen LogP contribution >= 0.6 is 11.3 Å². The highest BCUT2D eigenvalue weighted by Gasteiger charge is 2.00. The van der Waals surface area contributed by atoms with E-state index in [1.807, 2.05) is 18.3 Å². The summed E-state index contributed by atoms with van der Waals surface area (Å²) in [5, 5.41) is 5.56. The molecule has 3 heteroatoms. The summed E-state index contributed by atoms with van der Waals surface area (Å²) in [5.74, 6) is 0. The van der Waals surface area contributed by atoms with Crippen LogP contribution in [0.3, 0.4) is 0 Å². The number of ether oxygens (including phenoxy) is 1. The number of thiophene rings is 1. The SMILES string of the molecule is CCOCC(C)NCCc1cccs1. The van der Waals surface area contributed by atoms with Crippen LogP contribution in [-0.2, 0) is 11.2 Å². The first-order valence-electron chi connectivity index (χ1n) is 5.16. The van der Waals surface area contributed by atoms with Crippen molar-refractivity contribution in [1.82, 2.24) is 5.32 Å². The van der Waals surface area contributed by atoms with E-state index in [1.165, 1.54) is 4.88 Å². The maximum Gasteiger partial charge on any atom is 0.0616 e. The summed E-state index contributed by atoms with van der Waals surface area (Å²) in [6.45, 7) is 6.83. The maximum atomic E-state index is 5.32. The van der Waals surface area contributed by atoms with Crippen molar-refractivity contribution in [2.24, 2.45) is 0 Å². The second-order valence-electron chi connectivity index (χ2n) is 3.34. The van der Waals surface area contributed by atoms with Gasteiger partial charge in [-0.3, -0.25) is 0 Å². The molecule has 0 bridgehead atoms. The standard InChI is InChI=1S/C11H19NOS/c1-3-13-9-10(2)12-7-6-11-5-4-8-14-11/h4-5,8,10,12H,3,6-7,9H2,1-2H3. The Bertz CT molecular complexity index is 223. The fraction of sp³-hybridized carbons (Fsp3) is 0.636. The van der Waals surface area contributed by atoms with E-state index in [9.17, 15) is 0 Å². The van der Waals surface area contributed by atoms with Gasteiger partial charge in [0.2, 0.25) is 0 Å². The van der Waals surface area contributed by atoms with Gasteiger partial charge < -0.3 is 10.1 Å². The van der Waals surface area contributed by atoms with Crippen molar-refractivity contribution in [3.05, 3.63) is 22.4 Å². The van der Waals surface area contributed by atoms with Crippen molar-refractivity contribution in [2.45, 2.75) is 26.3 Å². The predicted octanol–water partition coefficient (Wildman–Crippen LogP) is 2.31. The molecule has 2 nitrogen and oxygen atoms in total. The largest absolute Gasteiger partial charge is 0.380 e. The zero-order chi connectivity index (χ0) is 10.2. The Balaban J connectivity index is 2.03. The molecular formula is C11H19NOS. The molecule has 0 radical (unpaired) electrons. The van der Waals surface area contributed by atoms with Gasteiger partial charge in [-0.2, -0.15) is 0 Å². The van der Waals surface area contributed by atoms with Gasteiger partial charge in [-0.15, -0.1) is 11.3 Å². The molecule has 1 heterocycles. The van der Waals surface area contributed by atoms with E-state index in [0.717, 1.165) is 26.2 Å². The lowest BCUT2D eigenvalue weighted by Gasteiger charge is -2.12. The first-order valence-corrected chi connectivity index (χ1v) is 6.04. The molecule has 0 fully saturated rings. The van der Waals surface area contributed by atoms with Crippen LogP contribution in [0.15, 0.2) is 17.5 Å². The summed E-state index contributed by atoms with van der Waals surface area (Å²) < 4.78 is 5.32. The van der Waals surface area contributed by atoms with E-state index < -0.39 is 0 Å². The molecule has 0 aliphatic heterocycles. The fourth-order valence-corrected chi connectivity index (χ4v) is 1.96. The van der Waals surface area contributed by atoms with Crippen LogP contribution in [-0.4, -0.2) is 25.8 Å². The van der Waals surface area contributed by atoms with Crippen molar-refractivity contribution in [2.75, 3.05) is 19.8 Å². The number of hydrogen-bond acceptors (Lipinski definition) is 3. The predicted molar refractivity (Wildman–Crippen MR) is 62.0 cm³/mol. The third-order valence-corrected chi connectivity index (χ3v) is 2.95. The average molecular weight is 213 g/mol. The molecule has 0 aliphatic carbocycles. The summed E-state index contributed by atoms with van der Waals surface area (Å²) in [5.41, 5.74) is 0. The first kappa shape index (κ1) is 11.7. The molecule has 0 aliphatic rings. The molecule has 0 saturated carbocycles. The van der Waals surface area contributed by atoms with Gasteiger partial charge in [-0.25, -0.2) is 0 Å². The molecule has 0 aromatic carbocycles. The van der Waals surface area contributed by atoms with Crippen LogP contribution in [0.2, 0.25) is 0 Å². The van der Waals surface area contributed by atoms with Crippen molar-refractivity contribution in [1.29, 1.82) is 0 Å². The zero-order valence-corrected chi connectivity index (χ0v) is 9.77. The van der Waals surface area contributed by atoms with Crippen molar-refractivity contribution in [3.63, 3.8) is 0 Å². The molecule has 0 spiro atoms. The highest BCUT2D eigenvalue weighted by atomic mass is 32.1. The smallest absolute Gasteiger partial charge is 0.0616 e. The third-order valence-electron chi connectivity index (χ3n) is 2.02. The Morgan fingerprint density at radius 3 is 3.07 bits per heavy atom. The van der Waals surface area contributed by atoms with Gasteiger partial charge in [0.05, 0.1) is 6.61 Å². The van der Waals surface area contributed by atoms with Crippen LogP contribution in [0.4, 0.5) is 0 Å². The van der Waals surface area contributed by atoms with E-state index in [-0.39, 0.29) is 0 Å². The second kappa shape index (κ2) is 6.98. The van der Waals surface area contributed by atoms with E-state index in [2.05, 4.69) is 29.8 Å². The molecule has 1 N–H and O–H groups in total. The topological polar surface area (TPSA) is 21.3 Å². The zero-order valence-electron chi connectivity index (χ0n) is 8.95. The average Bonchev–Trinajstić information content (AvgIpc) is 2.67. The fourth-order valence-electron chi connectivity index (χ4n) is 1.25. The minimum absolute atomic E-state index is 0.454. The molecule has 1 aromatic rings. The summed E-state index contributed by atoms with van der Waals surface area (Å²) in [4.78, 5) is 1.45. The second-order valence-corrected chi connectivity index (χ2v) is 4.38. The molecule has 14 heavy (non-hydrogen) atoms. The molecule has 1 unspecified atom stereocenters. The number of rotatable bonds is 7. The molecule has 0 amide bonds. The highest BCUT2D eigenvalue weighted by Crippen LogP contribution is 2.08. The van der Waals surface area contributed by atoms with E-state index in [4.69, 9.17) is 4.74 Å². The Morgan fingerprint density at radius 2 is 2.43 bits per heavy atom. The summed E-state index contributed by atoms with van der Waals surface area (Å²) >= 11 is 1.82. The Labute approximate surface area is 90.3 Å². The van der Waals surface area contributed by atoms with Crippen molar-refractivity contribution < 1.29 is 4.74 Å². The van der Waals surface area contributed by atoms with Gasteiger partial charge in [0, 0.05) is 24.1 Å². The van der Waals surface area contributed by atoms with Crippen molar-refractivity contribution >= 4 is 11.3 Å². The lowest BCUT2D eigenvalue weighted by atomic mass is 10.3. The lowest BCUT2D eigenvalue weighted by molar-refractivity contribution is 0.127. The molecule has 1 atom stereocenters. The Hall–Kier alpha value is -0.380. The Morgan fingerprint density at radius 1 is 1.57 bits per heavy atom. The van der Waals surface area contributed by atoms with E-state index >= 15 is 0 Å². The normalized spacial score (nSPS) is 13.0. The highest BCUT2D eigenvalue weighted by molar-refractivity contribution is 7.09. The van der Waals surface area contributed by atoms with Gasteiger partial charge in [-0.05, 0) is 31.7 Å². The number of nitrogens with one attached hydrogen (secondary N) is 1. The monoisotopic (exact) mass is 213 g/mol. The van der Waals surface area contributed by atoms with Gasteiger partial charge in [-0.1, -0.05) is 6.07 Å². The summed E-state index contributed by atoms with van der Waals surface area (Å²) in [6, 6.07) is 4.73.